The van der Waals surface area contributed by atoms with Gasteiger partial charge in [-0.25, -0.2) is 0 Å². The minimum Gasteiger partial charge on any atom is -0.746 e. The first-order chi connectivity index (χ1) is 7.14. The molecular formula is C10H14NaO4P. The van der Waals surface area contributed by atoms with Crippen LogP contribution in [0.15, 0.2) is 30.3 Å². The molecule has 4 nitrogen and oxygen atoms in total. The van der Waals surface area contributed by atoms with Crippen LogP contribution in [-0.2, 0) is 9.09 Å². The van der Waals surface area contributed by atoms with E-state index in [1.54, 1.807) is 30.3 Å². The fourth-order valence-electron chi connectivity index (χ4n) is 0.957. The molecule has 0 radical (unpaired) electrons. The summed E-state index contributed by atoms with van der Waals surface area (Å²) in [6, 6.07) is 8.30. The van der Waals surface area contributed by atoms with E-state index in [-0.39, 0.29) is 41.9 Å². The molecule has 16 heavy (non-hydrogen) atoms. The van der Waals surface area contributed by atoms with Gasteiger partial charge in [-0.15, -0.1) is 0 Å². The van der Waals surface area contributed by atoms with Crippen LogP contribution in [0.4, 0.5) is 0 Å². The molecule has 1 atom stereocenters. The van der Waals surface area contributed by atoms with Crippen molar-refractivity contribution in [2.75, 3.05) is 6.61 Å². The fraction of sp³-hybridized carbons (Fsp3) is 0.400. The van der Waals surface area contributed by atoms with Crippen LogP contribution in [0.1, 0.15) is 19.8 Å². The molecule has 6 heteroatoms. The summed E-state index contributed by atoms with van der Waals surface area (Å²) in [6.45, 7) is 2.13. The Hall–Kier alpha value is 0.170. The van der Waals surface area contributed by atoms with E-state index in [0.29, 0.717) is 6.42 Å². The Balaban J connectivity index is 0.00000225. The average molecular weight is 252 g/mol. The number of phosphoric ester groups is 1. The van der Waals surface area contributed by atoms with Crippen LogP contribution in [-0.4, -0.2) is 6.61 Å². The molecule has 0 aliphatic carbocycles. The van der Waals surface area contributed by atoms with Gasteiger partial charge in [0.15, 0.2) is 0 Å². The summed E-state index contributed by atoms with van der Waals surface area (Å²) in [4.78, 5) is 11.3. The molecule has 0 fully saturated rings. The topological polar surface area (TPSA) is 58.6 Å². The number of hydrogen-bond acceptors (Lipinski definition) is 4. The molecule has 0 aliphatic rings. The maximum Gasteiger partial charge on any atom is 1.00 e. The third-order valence-corrected chi connectivity index (χ3v) is 2.64. The largest absolute Gasteiger partial charge is 1.00 e. The Bertz CT molecular complexity index is 331. The molecule has 84 valence electrons. The van der Waals surface area contributed by atoms with Crippen LogP contribution in [0.5, 0.6) is 5.75 Å². The van der Waals surface area contributed by atoms with E-state index in [9.17, 15) is 9.46 Å². The maximum atomic E-state index is 11.3. The first-order valence-electron chi connectivity index (χ1n) is 4.84. The SMILES string of the molecule is CCCCOP(=O)([O-])Oc1ccccc1.[Na+]. The van der Waals surface area contributed by atoms with Gasteiger partial charge in [0.2, 0.25) is 0 Å². The molecule has 0 aliphatic heterocycles. The van der Waals surface area contributed by atoms with Crippen molar-refractivity contribution in [2.24, 2.45) is 0 Å². The van der Waals surface area contributed by atoms with Gasteiger partial charge in [0.05, 0.1) is 6.61 Å². The van der Waals surface area contributed by atoms with Crippen LogP contribution in [0.3, 0.4) is 0 Å². The van der Waals surface area contributed by atoms with Gasteiger partial charge in [-0.3, -0.25) is 4.57 Å². The summed E-state index contributed by atoms with van der Waals surface area (Å²) in [5.41, 5.74) is 0. The van der Waals surface area contributed by atoms with Gasteiger partial charge in [-0.05, 0) is 18.6 Å². The Morgan fingerprint density at radius 2 is 1.94 bits per heavy atom. The maximum absolute atomic E-state index is 11.3. The molecule has 0 aromatic heterocycles. The zero-order valence-electron chi connectivity index (χ0n) is 9.59. The third-order valence-electron chi connectivity index (χ3n) is 1.71. The van der Waals surface area contributed by atoms with Gasteiger partial charge in [0, 0.05) is 0 Å². The Morgan fingerprint density at radius 1 is 1.31 bits per heavy atom. The molecule has 0 saturated carbocycles. The summed E-state index contributed by atoms with van der Waals surface area (Å²) in [5, 5.41) is 0. The van der Waals surface area contributed by atoms with E-state index in [4.69, 9.17) is 4.52 Å². The second kappa shape index (κ2) is 8.29. The van der Waals surface area contributed by atoms with Crippen LogP contribution in [0.2, 0.25) is 0 Å². The first kappa shape index (κ1) is 16.2. The molecule has 1 unspecified atom stereocenters. The van der Waals surface area contributed by atoms with E-state index >= 15 is 0 Å². The number of benzene rings is 1. The molecular weight excluding hydrogens is 238 g/mol. The van der Waals surface area contributed by atoms with Crippen molar-refractivity contribution >= 4 is 7.82 Å². The van der Waals surface area contributed by atoms with Crippen molar-refractivity contribution in [3.8, 4) is 5.75 Å². The van der Waals surface area contributed by atoms with E-state index in [1.165, 1.54) is 0 Å². The van der Waals surface area contributed by atoms with Gasteiger partial charge in [-0.1, -0.05) is 31.5 Å². The van der Waals surface area contributed by atoms with Crippen molar-refractivity contribution in [3.63, 3.8) is 0 Å². The fourth-order valence-corrected chi connectivity index (χ4v) is 1.74. The molecule has 1 aromatic rings. The molecule has 0 spiro atoms. The van der Waals surface area contributed by atoms with Crippen molar-refractivity contribution in [1.29, 1.82) is 0 Å². The van der Waals surface area contributed by atoms with Crippen LogP contribution in [0, 0.1) is 0 Å². The van der Waals surface area contributed by atoms with Crippen molar-refractivity contribution < 1.29 is 48.1 Å². The van der Waals surface area contributed by atoms with E-state index < -0.39 is 7.82 Å². The van der Waals surface area contributed by atoms with Crippen LogP contribution in [0.25, 0.3) is 0 Å². The van der Waals surface area contributed by atoms with Gasteiger partial charge in [0.1, 0.15) is 5.75 Å². The summed E-state index contributed by atoms with van der Waals surface area (Å²) < 4.78 is 20.6. The van der Waals surface area contributed by atoms with Crippen molar-refractivity contribution in [1.82, 2.24) is 0 Å². The summed E-state index contributed by atoms with van der Waals surface area (Å²) in [5.74, 6) is 0.271. The summed E-state index contributed by atoms with van der Waals surface area (Å²) in [7, 11) is -4.19. The predicted molar refractivity (Wildman–Crippen MR) is 55.5 cm³/mol. The molecule has 1 aromatic carbocycles. The molecule has 0 amide bonds. The second-order valence-electron chi connectivity index (χ2n) is 3.04. The van der Waals surface area contributed by atoms with E-state index in [0.717, 1.165) is 6.42 Å². The quantitative estimate of drug-likeness (QED) is 0.383. The van der Waals surface area contributed by atoms with Gasteiger partial charge < -0.3 is 13.9 Å². The summed E-state index contributed by atoms with van der Waals surface area (Å²) in [6.07, 6.45) is 1.58. The zero-order chi connectivity index (χ0) is 11.1. The first-order valence-corrected chi connectivity index (χ1v) is 6.30. The Labute approximate surface area is 118 Å². The van der Waals surface area contributed by atoms with E-state index in [1.807, 2.05) is 6.92 Å². The smallest absolute Gasteiger partial charge is 0.746 e. The van der Waals surface area contributed by atoms with Gasteiger partial charge in [0.25, 0.3) is 0 Å². The molecule has 0 bridgehead atoms. The van der Waals surface area contributed by atoms with Gasteiger partial charge in [-0.2, -0.15) is 0 Å². The summed E-state index contributed by atoms with van der Waals surface area (Å²) >= 11 is 0. The molecule has 0 N–H and O–H groups in total. The monoisotopic (exact) mass is 252 g/mol. The molecule has 0 heterocycles. The molecule has 0 saturated heterocycles. The number of phosphoric acid groups is 1. The number of para-hydroxylation sites is 1. The molecule has 1 rings (SSSR count). The van der Waals surface area contributed by atoms with Crippen LogP contribution < -0.4 is 39.0 Å². The van der Waals surface area contributed by atoms with Crippen LogP contribution >= 0.6 is 7.82 Å². The normalized spacial score (nSPS) is 13.6. The van der Waals surface area contributed by atoms with E-state index in [2.05, 4.69) is 4.52 Å². The standard InChI is InChI=1S/C10H15O4P.Na/c1-2-3-9-13-15(11,12)14-10-7-5-4-6-8-10;/h4-8H,2-3,9H2,1H3,(H,11,12);/q;+1/p-1. The average Bonchev–Trinajstić information content (AvgIpc) is 2.18. The van der Waals surface area contributed by atoms with Crippen molar-refractivity contribution in [3.05, 3.63) is 30.3 Å². The number of hydrogen-bond donors (Lipinski definition) is 0. The number of rotatable bonds is 6. The zero-order valence-corrected chi connectivity index (χ0v) is 12.5. The van der Waals surface area contributed by atoms with Crippen molar-refractivity contribution in [2.45, 2.75) is 19.8 Å². The minimum absolute atomic E-state index is 0. The second-order valence-corrected chi connectivity index (χ2v) is 4.37. The minimum atomic E-state index is -4.19. The number of unbranched alkanes of at least 4 members (excludes halogenated alkanes) is 1. The third kappa shape index (κ3) is 6.69. The Morgan fingerprint density at radius 3 is 2.50 bits per heavy atom. The van der Waals surface area contributed by atoms with Gasteiger partial charge >= 0.3 is 37.4 Å². The Kier molecular flexibility index (Phi) is 8.38. The predicted octanol–water partition coefficient (Wildman–Crippen LogP) is -0.646.